The summed E-state index contributed by atoms with van der Waals surface area (Å²) >= 11 is 1.25. The van der Waals surface area contributed by atoms with Gasteiger partial charge in [-0.05, 0) is 66.1 Å². The molecule has 36 heavy (non-hydrogen) atoms. The van der Waals surface area contributed by atoms with Crippen molar-refractivity contribution in [3.63, 3.8) is 0 Å². The number of aryl methyl sites for hydroxylation is 1. The predicted octanol–water partition coefficient (Wildman–Crippen LogP) is 3.18. The van der Waals surface area contributed by atoms with Crippen LogP contribution in [-0.4, -0.2) is 52.8 Å². The highest BCUT2D eigenvalue weighted by molar-refractivity contribution is 7.12. The fraction of sp³-hybridized carbons (Fsp3) is 0.259. The van der Waals surface area contributed by atoms with E-state index in [0.29, 0.717) is 41.1 Å². The lowest BCUT2D eigenvalue weighted by Crippen LogP contribution is -2.48. The first-order valence-electron chi connectivity index (χ1n) is 11.6. The number of hydrogen-bond acceptors (Lipinski definition) is 5. The third-order valence-corrected chi connectivity index (χ3v) is 7.21. The standard InChI is InChI=1S/C27H27N3O5S/c1-16-13-19-15-30(26(33)18-7-4-3-5-8-18)11-10-20(19)17(2)23(16)25(32)29-21(27(34)35)14-28-24(31)22-9-6-12-36-22/h3-9,12-13,21H,10-11,14-15H2,1-2H3,(H,28,31)(H,29,32)(H,34,35)/t21-/m0/s1. The van der Waals surface area contributed by atoms with Gasteiger partial charge in [-0.25, -0.2) is 4.79 Å². The number of carboxylic acids is 1. The minimum absolute atomic E-state index is 0.0349. The summed E-state index contributed by atoms with van der Waals surface area (Å²) in [4.78, 5) is 52.3. The molecule has 0 spiro atoms. The molecule has 2 aromatic carbocycles. The maximum atomic E-state index is 13.2. The van der Waals surface area contributed by atoms with Gasteiger partial charge in [-0.15, -0.1) is 11.3 Å². The molecule has 3 amide bonds. The van der Waals surface area contributed by atoms with Gasteiger partial charge in [0.05, 0.1) is 4.88 Å². The van der Waals surface area contributed by atoms with Gasteiger partial charge in [0.15, 0.2) is 0 Å². The van der Waals surface area contributed by atoms with Gasteiger partial charge in [0.2, 0.25) is 0 Å². The Morgan fingerprint density at radius 1 is 1.06 bits per heavy atom. The topological polar surface area (TPSA) is 116 Å². The van der Waals surface area contributed by atoms with E-state index in [2.05, 4.69) is 10.6 Å². The molecule has 1 aromatic heterocycles. The Morgan fingerprint density at radius 2 is 1.81 bits per heavy atom. The molecule has 1 atom stereocenters. The average Bonchev–Trinajstić information content (AvgIpc) is 3.41. The van der Waals surface area contributed by atoms with Crippen LogP contribution in [0.15, 0.2) is 53.9 Å². The molecule has 2 heterocycles. The number of carbonyl (C=O) groups is 4. The van der Waals surface area contributed by atoms with E-state index < -0.39 is 17.9 Å². The number of hydrogen-bond donors (Lipinski definition) is 3. The van der Waals surface area contributed by atoms with E-state index in [1.54, 1.807) is 41.5 Å². The Hall–Kier alpha value is -3.98. The SMILES string of the molecule is Cc1cc2c(c(C)c1C(=O)N[C@@H](CNC(=O)c1cccs1)C(=O)O)CCN(C(=O)c1ccccc1)C2. The van der Waals surface area contributed by atoms with Gasteiger partial charge < -0.3 is 20.6 Å². The van der Waals surface area contributed by atoms with Gasteiger partial charge in [0, 0.05) is 30.8 Å². The van der Waals surface area contributed by atoms with Crippen molar-refractivity contribution in [2.45, 2.75) is 32.9 Å². The monoisotopic (exact) mass is 505 g/mol. The molecule has 3 N–H and O–H groups in total. The molecule has 0 radical (unpaired) electrons. The summed E-state index contributed by atoms with van der Waals surface area (Å²) in [5.74, 6) is -2.17. The van der Waals surface area contributed by atoms with Crippen molar-refractivity contribution in [1.29, 1.82) is 0 Å². The molecule has 186 valence electrons. The number of thiophene rings is 1. The van der Waals surface area contributed by atoms with E-state index >= 15 is 0 Å². The number of fused-ring (bicyclic) bond motifs is 1. The molecule has 9 heteroatoms. The van der Waals surface area contributed by atoms with Crippen molar-refractivity contribution in [1.82, 2.24) is 15.5 Å². The summed E-state index contributed by atoms with van der Waals surface area (Å²) in [6.07, 6.45) is 0.597. The molecule has 0 saturated heterocycles. The first kappa shape index (κ1) is 25.1. The number of carboxylic acid groups (broad SMARTS) is 1. The number of carbonyl (C=O) groups excluding carboxylic acids is 3. The van der Waals surface area contributed by atoms with E-state index in [0.717, 1.165) is 16.7 Å². The average molecular weight is 506 g/mol. The Balaban J connectivity index is 1.48. The molecular weight excluding hydrogens is 478 g/mol. The summed E-state index contributed by atoms with van der Waals surface area (Å²) in [5, 5.41) is 16.5. The van der Waals surface area contributed by atoms with Gasteiger partial charge in [0.25, 0.3) is 17.7 Å². The number of nitrogens with zero attached hydrogens (tertiary/aromatic N) is 1. The second-order valence-corrected chi connectivity index (χ2v) is 9.67. The summed E-state index contributed by atoms with van der Waals surface area (Å²) in [7, 11) is 0. The van der Waals surface area contributed by atoms with Crippen molar-refractivity contribution < 1.29 is 24.3 Å². The Labute approximate surface area is 212 Å². The summed E-state index contributed by atoms with van der Waals surface area (Å²) in [6, 6.07) is 13.1. The number of aliphatic carboxylic acids is 1. The van der Waals surface area contributed by atoms with E-state index in [-0.39, 0.29) is 18.4 Å². The normalized spacial score (nSPS) is 13.4. The van der Waals surface area contributed by atoms with Crippen LogP contribution >= 0.6 is 11.3 Å². The maximum Gasteiger partial charge on any atom is 0.328 e. The van der Waals surface area contributed by atoms with E-state index in [9.17, 15) is 24.3 Å². The first-order valence-corrected chi connectivity index (χ1v) is 12.5. The van der Waals surface area contributed by atoms with Crippen molar-refractivity contribution in [3.8, 4) is 0 Å². The number of nitrogens with one attached hydrogen (secondary N) is 2. The Morgan fingerprint density at radius 3 is 2.47 bits per heavy atom. The zero-order valence-electron chi connectivity index (χ0n) is 20.0. The van der Waals surface area contributed by atoms with Crippen LogP contribution in [0.5, 0.6) is 0 Å². The largest absolute Gasteiger partial charge is 0.480 e. The van der Waals surface area contributed by atoms with Crippen LogP contribution in [0, 0.1) is 13.8 Å². The van der Waals surface area contributed by atoms with Crippen LogP contribution < -0.4 is 10.6 Å². The van der Waals surface area contributed by atoms with Gasteiger partial charge in [-0.2, -0.15) is 0 Å². The number of rotatable bonds is 7. The first-order chi connectivity index (χ1) is 17.3. The minimum Gasteiger partial charge on any atom is -0.480 e. The molecular formula is C27H27N3O5S. The molecule has 0 saturated carbocycles. The summed E-state index contributed by atoms with van der Waals surface area (Å²) in [5.41, 5.74) is 4.52. The molecule has 0 fully saturated rings. The molecule has 4 rings (SSSR count). The third-order valence-electron chi connectivity index (χ3n) is 6.34. The fourth-order valence-electron chi connectivity index (χ4n) is 4.53. The Kier molecular flexibility index (Phi) is 7.49. The fourth-order valence-corrected chi connectivity index (χ4v) is 5.17. The number of benzene rings is 2. The zero-order chi connectivity index (χ0) is 25.8. The van der Waals surface area contributed by atoms with Crippen molar-refractivity contribution in [3.05, 3.63) is 92.2 Å². The van der Waals surface area contributed by atoms with E-state index in [4.69, 9.17) is 0 Å². The van der Waals surface area contributed by atoms with Gasteiger partial charge in [-0.1, -0.05) is 30.3 Å². The summed E-state index contributed by atoms with van der Waals surface area (Å²) < 4.78 is 0. The molecule has 0 unspecified atom stereocenters. The highest BCUT2D eigenvalue weighted by Crippen LogP contribution is 2.28. The van der Waals surface area contributed by atoms with Gasteiger partial charge >= 0.3 is 5.97 Å². The van der Waals surface area contributed by atoms with Crippen LogP contribution in [0.25, 0.3) is 0 Å². The predicted molar refractivity (Wildman–Crippen MR) is 136 cm³/mol. The highest BCUT2D eigenvalue weighted by Gasteiger charge is 2.28. The van der Waals surface area contributed by atoms with Crippen LogP contribution in [0.2, 0.25) is 0 Å². The lowest BCUT2D eigenvalue weighted by molar-refractivity contribution is -0.139. The maximum absolute atomic E-state index is 13.2. The summed E-state index contributed by atoms with van der Waals surface area (Å²) in [6.45, 7) is 4.38. The van der Waals surface area contributed by atoms with E-state index in [1.807, 2.05) is 31.2 Å². The zero-order valence-corrected chi connectivity index (χ0v) is 20.9. The van der Waals surface area contributed by atoms with Crippen molar-refractivity contribution in [2.24, 2.45) is 0 Å². The smallest absolute Gasteiger partial charge is 0.328 e. The van der Waals surface area contributed by atoms with Crippen molar-refractivity contribution >= 4 is 35.0 Å². The van der Waals surface area contributed by atoms with Gasteiger partial charge in [0.1, 0.15) is 6.04 Å². The van der Waals surface area contributed by atoms with Crippen molar-refractivity contribution in [2.75, 3.05) is 13.1 Å². The third kappa shape index (κ3) is 5.31. The van der Waals surface area contributed by atoms with Gasteiger partial charge in [-0.3, -0.25) is 14.4 Å². The Bertz CT molecular complexity index is 1300. The van der Waals surface area contributed by atoms with Crippen LogP contribution in [0.1, 0.15) is 52.6 Å². The molecule has 1 aliphatic rings. The lowest BCUT2D eigenvalue weighted by atomic mass is 9.88. The number of amides is 3. The quantitative estimate of drug-likeness (QED) is 0.456. The second-order valence-electron chi connectivity index (χ2n) is 8.73. The van der Waals surface area contributed by atoms with Crippen LogP contribution in [0.3, 0.4) is 0 Å². The molecule has 8 nitrogen and oxygen atoms in total. The van der Waals surface area contributed by atoms with Crippen LogP contribution in [0.4, 0.5) is 0 Å². The van der Waals surface area contributed by atoms with E-state index in [1.165, 1.54) is 11.3 Å². The molecule has 1 aliphatic heterocycles. The van der Waals surface area contributed by atoms with Crippen LogP contribution in [-0.2, 0) is 17.8 Å². The molecule has 0 aliphatic carbocycles. The molecule has 0 bridgehead atoms. The second kappa shape index (κ2) is 10.7. The molecule has 3 aromatic rings. The minimum atomic E-state index is -1.28. The lowest BCUT2D eigenvalue weighted by Gasteiger charge is -2.31. The highest BCUT2D eigenvalue weighted by atomic mass is 32.1.